The summed E-state index contributed by atoms with van der Waals surface area (Å²) in [4.78, 5) is 25.6. The molecule has 0 spiro atoms. The summed E-state index contributed by atoms with van der Waals surface area (Å²) in [6.45, 7) is 4.75. The molecule has 0 aromatic carbocycles. The van der Waals surface area contributed by atoms with Crippen LogP contribution in [0, 0.1) is 0 Å². The first-order chi connectivity index (χ1) is 13.7. The minimum Gasteiger partial charge on any atom is -0.464 e. The van der Waals surface area contributed by atoms with E-state index in [1.54, 1.807) is 0 Å². The number of carbonyl (C=O) groups excluding carboxylic acids is 2. The van der Waals surface area contributed by atoms with E-state index in [1.165, 1.54) is 0 Å². The summed E-state index contributed by atoms with van der Waals surface area (Å²) >= 11 is 0. The van der Waals surface area contributed by atoms with Crippen LogP contribution in [-0.4, -0.2) is 49.6 Å². The molecule has 6 heteroatoms. The first-order valence-corrected chi connectivity index (χ1v) is 11.3. The van der Waals surface area contributed by atoms with E-state index < -0.39 is 24.1 Å². The predicted octanol–water partition coefficient (Wildman–Crippen LogP) is 4.33. The van der Waals surface area contributed by atoms with Gasteiger partial charge in [-0.3, -0.25) is 0 Å². The lowest BCUT2D eigenvalue weighted by molar-refractivity contribution is -0.193. The maximum atomic E-state index is 12.8. The van der Waals surface area contributed by atoms with E-state index in [2.05, 4.69) is 0 Å². The lowest BCUT2D eigenvalue weighted by Gasteiger charge is -2.29. The van der Waals surface area contributed by atoms with Crippen molar-refractivity contribution in [2.24, 2.45) is 0 Å². The Labute approximate surface area is 169 Å². The molecule has 2 atom stereocenters. The molecule has 2 unspecified atom stereocenters. The smallest absolute Gasteiger partial charge is 0.338 e. The number of unbranched alkanes of at least 4 members (excludes halogenated alkanes) is 2. The van der Waals surface area contributed by atoms with Crippen molar-refractivity contribution >= 4 is 11.9 Å². The summed E-state index contributed by atoms with van der Waals surface area (Å²) in [5, 5.41) is 0. The summed E-state index contributed by atoms with van der Waals surface area (Å²) < 4.78 is 23.1. The van der Waals surface area contributed by atoms with Gasteiger partial charge < -0.3 is 18.9 Å². The van der Waals surface area contributed by atoms with E-state index in [0.29, 0.717) is 13.2 Å². The number of rotatable bonds is 13. The Kier molecular flexibility index (Phi) is 10.9. The summed E-state index contributed by atoms with van der Waals surface area (Å²) in [5.74, 6) is -1.01. The highest BCUT2D eigenvalue weighted by atomic mass is 16.6. The zero-order valence-corrected chi connectivity index (χ0v) is 17.7. The highest BCUT2D eigenvalue weighted by molar-refractivity contribution is 5.85. The standard InChI is InChI=1S/C22H38O6/c1-3-5-15-25-21(23)19(27-17-11-7-8-12-17)20(22(24)26-16-6-4-2)28-18-13-9-10-14-18/h17-20H,3-16H2,1-2H3. The predicted molar refractivity (Wildman–Crippen MR) is 106 cm³/mol. The van der Waals surface area contributed by atoms with Gasteiger partial charge in [0.2, 0.25) is 0 Å². The normalized spacial score (nSPS) is 20.2. The minimum absolute atomic E-state index is 0.0261. The molecule has 0 bridgehead atoms. The van der Waals surface area contributed by atoms with Crippen molar-refractivity contribution in [1.82, 2.24) is 0 Å². The number of esters is 2. The maximum absolute atomic E-state index is 12.8. The molecule has 2 aliphatic rings. The van der Waals surface area contributed by atoms with E-state index in [4.69, 9.17) is 18.9 Å². The average Bonchev–Trinajstić information content (AvgIpc) is 3.38. The molecule has 0 aliphatic heterocycles. The highest BCUT2D eigenvalue weighted by Crippen LogP contribution is 2.28. The molecule has 6 nitrogen and oxygen atoms in total. The van der Waals surface area contributed by atoms with Gasteiger partial charge in [-0.25, -0.2) is 9.59 Å². The first-order valence-electron chi connectivity index (χ1n) is 11.3. The average molecular weight is 399 g/mol. The fourth-order valence-electron chi connectivity index (χ4n) is 3.76. The largest absolute Gasteiger partial charge is 0.464 e. The number of carbonyl (C=O) groups is 2. The van der Waals surface area contributed by atoms with E-state index in [9.17, 15) is 9.59 Å². The van der Waals surface area contributed by atoms with Crippen LogP contribution in [0.25, 0.3) is 0 Å². The lowest BCUT2D eigenvalue weighted by atomic mass is 10.1. The molecule has 2 fully saturated rings. The number of ether oxygens (including phenoxy) is 4. The summed E-state index contributed by atoms with van der Waals surface area (Å²) in [6, 6.07) is 0. The fraction of sp³-hybridized carbons (Fsp3) is 0.909. The molecule has 2 saturated carbocycles. The van der Waals surface area contributed by atoms with E-state index in [0.717, 1.165) is 77.0 Å². The molecule has 0 radical (unpaired) electrons. The van der Waals surface area contributed by atoms with Gasteiger partial charge in [0.05, 0.1) is 25.4 Å². The lowest BCUT2D eigenvalue weighted by Crippen LogP contribution is -2.48. The van der Waals surface area contributed by atoms with Crippen LogP contribution in [0.5, 0.6) is 0 Å². The van der Waals surface area contributed by atoms with E-state index in [1.807, 2.05) is 13.8 Å². The molecule has 162 valence electrons. The van der Waals surface area contributed by atoms with Crippen LogP contribution in [-0.2, 0) is 28.5 Å². The van der Waals surface area contributed by atoms with Crippen molar-refractivity contribution in [3.05, 3.63) is 0 Å². The van der Waals surface area contributed by atoms with Gasteiger partial charge in [-0.2, -0.15) is 0 Å². The monoisotopic (exact) mass is 398 g/mol. The quantitative estimate of drug-likeness (QED) is 0.340. The molecule has 2 aliphatic carbocycles. The Morgan fingerprint density at radius 3 is 1.39 bits per heavy atom. The Balaban J connectivity index is 2.09. The molecule has 0 aromatic heterocycles. The van der Waals surface area contributed by atoms with Crippen LogP contribution in [0.4, 0.5) is 0 Å². The van der Waals surface area contributed by atoms with Crippen molar-refractivity contribution < 1.29 is 28.5 Å². The molecule has 2 rings (SSSR count). The van der Waals surface area contributed by atoms with Crippen molar-refractivity contribution in [2.75, 3.05) is 13.2 Å². The van der Waals surface area contributed by atoms with Crippen LogP contribution < -0.4 is 0 Å². The van der Waals surface area contributed by atoms with Crippen molar-refractivity contribution in [2.45, 2.75) is 115 Å². The molecular formula is C22H38O6. The third-order valence-corrected chi connectivity index (χ3v) is 5.51. The van der Waals surface area contributed by atoms with Crippen LogP contribution in [0.1, 0.15) is 90.9 Å². The topological polar surface area (TPSA) is 71.1 Å². The van der Waals surface area contributed by atoms with Crippen molar-refractivity contribution in [3.63, 3.8) is 0 Å². The fourth-order valence-corrected chi connectivity index (χ4v) is 3.76. The second-order valence-electron chi connectivity index (χ2n) is 7.97. The SMILES string of the molecule is CCCCOC(=O)C(OC1CCCC1)C(OC1CCCC1)C(=O)OCCCC. The van der Waals surface area contributed by atoms with Gasteiger partial charge in [0, 0.05) is 0 Å². The van der Waals surface area contributed by atoms with Crippen molar-refractivity contribution in [1.29, 1.82) is 0 Å². The van der Waals surface area contributed by atoms with E-state index in [-0.39, 0.29) is 12.2 Å². The second-order valence-corrected chi connectivity index (χ2v) is 7.97. The van der Waals surface area contributed by atoms with Gasteiger partial charge in [0.25, 0.3) is 0 Å². The molecule has 0 aromatic rings. The van der Waals surface area contributed by atoms with Crippen molar-refractivity contribution in [3.8, 4) is 0 Å². The number of hydrogen-bond acceptors (Lipinski definition) is 6. The van der Waals surface area contributed by atoms with Crippen LogP contribution in [0.3, 0.4) is 0 Å². The summed E-state index contributed by atoms with van der Waals surface area (Å²) in [5.41, 5.74) is 0. The van der Waals surface area contributed by atoms with Gasteiger partial charge in [-0.15, -0.1) is 0 Å². The third kappa shape index (κ3) is 7.70. The van der Waals surface area contributed by atoms with Crippen LogP contribution in [0.2, 0.25) is 0 Å². The zero-order valence-electron chi connectivity index (χ0n) is 17.7. The van der Waals surface area contributed by atoms with Gasteiger partial charge in [0.1, 0.15) is 0 Å². The van der Waals surface area contributed by atoms with Crippen LogP contribution in [0.15, 0.2) is 0 Å². The minimum atomic E-state index is -1.05. The maximum Gasteiger partial charge on any atom is 0.338 e. The molecular weight excluding hydrogens is 360 g/mol. The highest BCUT2D eigenvalue weighted by Gasteiger charge is 2.42. The Hall–Kier alpha value is -1.14. The Morgan fingerprint density at radius 1 is 0.714 bits per heavy atom. The van der Waals surface area contributed by atoms with Gasteiger partial charge in [-0.1, -0.05) is 52.4 Å². The molecule has 0 N–H and O–H groups in total. The third-order valence-electron chi connectivity index (χ3n) is 5.51. The summed E-state index contributed by atoms with van der Waals surface area (Å²) in [6.07, 6.45) is 9.23. The molecule has 0 amide bonds. The van der Waals surface area contributed by atoms with Gasteiger partial charge >= 0.3 is 11.9 Å². The van der Waals surface area contributed by atoms with Gasteiger partial charge in [-0.05, 0) is 38.5 Å². The summed E-state index contributed by atoms with van der Waals surface area (Å²) in [7, 11) is 0. The number of hydrogen-bond donors (Lipinski definition) is 0. The Bertz CT molecular complexity index is 412. The second kappa shape index (κ2) is 13.2. The zero-order chi connectivity index (χ0) is 20.2. The molecule has 28 heavy (non-hydrogen) atoms. The molecule has 0 saturated heterocycles. The molecule has 0 heterocycles. The van der Waals surface area contributed by atoms with E-state index >= 15 is 0 Å². The first kappa shape index (κ1) is 23.1. The van der Waals surface area contributed by atoms with Crippen LogP contribution >= 0.6 is 0 Å². The Morgan fingerprint density at radius 2 is 1.07 bits per heavy atom. The van der Waals surface area contributed by atoms with Gasteiger partial charge in [0.15, 0.2) is 12.2 Å².